The summed E-state index contributed by atoms with van der Waals surface area (Å²) in [6, 6.07) is 11.2. The molecule has 21 heavy (non-hydrogen) atoms. The van der Waals surface area contributed by atoms with Gasteiger partial charge >= 0.3 is 5.69 Å². The molecule has 0 radical (unpaired) electrons. The quantitative estimate of drug-likeness (QED) is 0.655. The predicted octanol–water partition coefficient (Wildman–Crippen LogP) is 2.81. The van der Waals surface area contributed by atoms with Crippen LogP contribution in [0.15, 0.2) is 42.5 Å². The highest BCUT2D eigenvalue weighted by atomic mass is 19.1. The molecule has 0 atom stereocenters. The van der Waals surface area contributed by atoms with E-state index in [1.54, 1.807) is 6.07 Å². The summed E-state index contributed by atoms with van der Waals surface area (Å²) in [6.07, 6.45) is 0.753. The van der Waals surface area contributed by atoms with E-state index >= 15 is 0 Å². The second-order valence-electron chi connectivity index (χ2n) is 4.52. The Labute approximate surface area is 121 Å². The van der Waals surface area contributed by atoms with Crippen LogP contribution < -0.4 is 10.5 Å². The number of halogens is 1. The molecule has 0 amide bonds. The lowest BCUT2D eigenvalue weighted by Crippen LogP contribution is -2.03. The van der Waals surface area contributed by atoms with Crippen LogP contribution in [-0.2, 0) is 13.0 Å². The van der Waals surface area contributed by atoms with Crippen LogP contribution in [0.1, 0.15) is 11.1 Å². The SMILES string of the molecule is NCCc1cccc(OCc2ccc([N+](=O)[O-])c(F)c2)c1. The van der Waals surface area contributed by atoms with Gasteiger partial charge in [-0.1, -0.05) is 12.1 Å². The number of hydrogen-bond donors (Lipinski definition) is 1. The summed E-state index contributed by atoms with van der Waals surface area (Å²) in [5.74, 6) is -0.210. The molecule has 0 fully saturated rings. The van der Waals surface area contributed by atoms with E-state index < -0.39 is 16.4 Å². The fourth-order valence-electron chi connectivity index (χ4n) is 1.91. The van der Waals surface area contributed by atoms with Crippen LogP contribution in [0.5, 0.6) is 5.75 Å². The van der Waals surface area contributed by atoms with Gasteiger partial charge in [0.05, 0.1) is 4.92 Å². The number of nitrogens with zero attached hydrogens (tertiary/aromatic N) is 1. The van der Waals surface area contributed by atoms with Gasteiger partial charge in [0, 0.05) is 6.07 Å². The highest BCUT2D eigenvalue weighted by molar-refractivity contribution is 5.35. The molecule has 0 aliphatic carbocycles. The Morgan fingerprint density at radius 3 is 2.67 bits per heavy atom. The molecule has 5 nitrogen and oxygen atoms in total. The zero-order chi connectivity index (χ0) is 15.2. The third-order valence-electron chi connectivity index (χ3n) is 2.95. The van der Waals surface area contributed by atoms with Gasteiger partial charge in [0.2, 0.25) is 5.82 Å². The van der Waals surface area contributed by atoms with Crippen LogP contribution in [0.25, 0.3) is 0 Å². The number of rotatable bonds is 6. The summed E-state index contributed by atoms with van der Waals surface area (Å²) in [4.78, 5) is 9.78. The van der Waals surface area contributed by atoms with Crippen molar-refractivity contribution in [2.45, 2.75) is 13.0 Å². The normalized spacial score (nSPS) is 10.4. The zero-order valence-electron chi connectivity index (χ0n) is 11.3. The number of benzene rings is 2. The first kappa shape index (κ1) is 14.9. The van der Waals surface area contributed by atoms with E-state index in [0.29, 0.717) is 17.9 Å². The van der Waals surface area contributed by atoms with Crippen LogP contribution in [0, 0.1) is 15.9 Å². The molecule has 2 aromatic carbocycles. The number of hydrogen-bond acceptors (Lipinski definition) is 4. The lowest BCUT2D eigenvalue weighted by Gasteiger charge is -2.08. The molecule has 0 spiro atoms. The van der Waals surface area contributed by atoms with Crippen molar-refractivity contribution in [3.05, 3.63) is 69.5 Å². The fourth-order valence-corrected chi connectivity index (χ4v) is 1.91. The van der Waals surface area contributed by atoms with Crippen molar-refractivity contribution >= 4 is 5.69 Å². The summed E-state index contributed by atoms with van der Waals surface area (Å²) >= 11 is 0. The van der Waals surface area contributed by atoms with E-state index in [1.807, 2.05) is 18.2 Å². The molecule has 0 heterocycles. The average Bonchev–Trinajstić information content (AvgIpc) is 2.45. The highest BCUT2D eigenvalue weighted by Gasteiger charge is 2.13. The number of nitro benzene ring substituents is 1. The van der Waals surface area contributed by atoms with E-state index in [4.69, 9.17) is 10.5 Å². The summed E-state index contributed by atoms with van der Waals surface area (Å²) in [6.45, 7) is 0.692. The standard InChI is InChI=1S/C15H15FN2O3/c16-14-9-12(4-5-15(14)18(19)20)10-21-13-3-1-2-11(8-13)6-7-17/h1-5,8-9H,6-7,10,17H2. The number of nitrogens with two attached hydrogens (primary N) is 1. The predicted molar refractivity (Wildman–Crippen MR) is 76.6 cm³/mol. The molecule has 2 aromatic rings. The van der Waals surface area contributed by atoms with Gasteiger partial charge in [-0.25, -0.2) is 0 Å². The molecule has 2 rings (SSSR count). The highest BCUT2D eigenvalue weighted by Crippen LogP contribution is 2.20. The van der Waals surface area contributed by atoms with Gasteiger partial charge in [-0.3, -0.25) is 10.1 Å². The van der Waals surface area contributed by atoms with Gasteiger partial charge in [0.1, 0.15) is 12.4 Å². The van der Waals surface area contributed by atoms with Gasteiger partial charge < -0.3 is 10.5 Å². The van der Waals surface area contributed by atoms with Crippen molar-refractivity contribution < 1.29 is 14.1 Å². The summed E-state index contributed by atoms with van der Waals surface area (Å²) in [5.41, 5.74) is 6.55. The minimum absolute atomic E-state index is 0.140. The Bertz CT molecular complexity index is 647. The average molecular weight is 290 g/mol. The summed E-state index contributed by atoms with van der Waals surface area (Å²) in [5, 5.41) is 10.5. The third kappa shape index (κ3) is 4.00. The van der Waals surface area contributed by atoms with E-state index in [0.717, 1.165) is 24.1 Å². The van der Waals surface area contributed by atoms with Crippen molar-refractivity contribution in [3.63, 3.8) is 0 Å². The first-order valence-electron chi connectivity index (χ1n) is 6.45. The molecule has 0 aliphatic heterocycles. The van der Waals surface area contributed by atoms with Crippen molar-refractivity contribution in [3.8, 4) is 5.75 Å². The minimum atomic E-state index is -0.863. The van der Waals surface area contributed by atoms with Crippen molar-refractivity contribution in [2.75, 3.05) is 6.54 Å². The molecular weight excluding hydrogens is 275 g/mol. The molecule has 0 saturated carbocycles. The molecule has 6 heteroatoms. The van der Waals surface area contributed by atoms with Gasteiger partial charge in [0.25, 0.3) is 0 Å². The van der Waals surface area contributed by atoms with Crippen LogP contribution in [0.4, 0.5) is 10.1 Å². The van der Waals surface area contributed by atoms with Gasteiger partial charge in [-0.15, -0.1) is 0 Å². The van der Waals surface area contributed by atoms with Gasteiger partial charge in [-0.2, -0.15) is 4.39 Å². The Hall–Kier alpha value is -2.47. The first-order valence-corrected chi connectivity index (χ1v) is 6.45. The van der Waals surface area contributed by atoms with E-state index in [-0.39, 0.29) is 6.61 Å². The van der Waals surface area contributed by atoms with Crippen molar-refractivity contribution in [1.29, 1.82) is 0 Å². The molecule has 2 N–H and O–H groups in total. The second kappa shape index (κ2) is 6.81. The molecular formula is C15H15FN2O3. The molecule has 0 unspecified atom stereocenters. The molecule has 110 valence electrons. The smallest absolute Gasteiger partial charge is 0.304 e. The maximum Gasteiger partial charge on any atom is 0.304 e. The van der Waals surface area contributed by atoms with E-state index in [1.165, 1.54) is 6.07 Å². The van der Waals surface area contributed by atoms with Crippen molar-refractivity contribution in [1.82, 2.24) is 0 Å². The second-order valence-corrected chi connectivity index (χ2v) is 4.52. The number of ether oxygens (including phenoxy) is 1. The Morgan fingerprint density at radius 1 is 1.19 bits per heavy atom. The van der Waals surface area contributed by atoms with E-state index in [2.05, 4.69) is 0 Å². The monoisotopic (exact) mass is 290 g/mol. The molecule has 0 bridgehead atoms. The molecule has 0 saturated heterocycles. The summed E-state index contributed by atoms with van der Waals surface area (Å²) < 4.78 is 19.0. The Balaban J connectivity index is 2.04. The first-order chi connectivity index (χ1) is 10.1. The Kier molecular flexibility index (Phi) is 4.84. The number of nitro groups is 1. The van der Waals surface area contributed by atoms with Crippen LogP contribution in [-0.4, -0.2) is 11.5 Å². The lowest BCUT2D eigenvalue weighted by molar-refractivity contribution is -0.387. The maximum atomic E-state index is 13.5. The summed E-state index contributed by atoms with van der Waals surface area (Å²) in [7, 11) is 0. The fraction of sp³-hybridized carbons (Fsp3) is 0.200. The molecule has 0 aromatic heterocycles. The minimum Gasteiger partial charge on any atom is -0.489 e. The van der Waals surface area contributed by atoms with Crippen LogP contribution >= 0.6 is 0 Å². The van der Waals surface area contributed by atoms with Crippen LogP contribution in [0.3, 0.4) is 0 Å². The van der Waals surface area contributed by atoms with Crippen molar-refractivity contribution in [2.24, 2.45) is 5.73 Å². The molecule has 0 aliphatic rings. The third-order valence-corrected chi connectivity index (χ3v) is 2.95. The zero-order valence-corrected chi connectivity index (χ0v) is 11.3. The topological polar surface area (TPSA) is 78.4 Å². The van der Waals surface area contributed by atoms with Gasteiger partial charge in [-0.05, 0) is 48.4 Å². The maximum absolute atomic E-state index is 13.5. The van der Waals surface area contributed by atoms with Crippen LogP contribution in [0.2, 0.25) is 0 Å². The van der Waals surface area contributed by atoms with E-state index in [9.17, 15) is 14.5 Å². The lowest BCUT2D eigenvalue weighted by atomic mass is 10.1. The van der Waals surface area contributed by atoms with Gasteiger partial charge in [0.15, 0.2) is 0 Å². The largest absolute Gasteiger partial charge is 0.489 e. The Morgan fingerprint density at radius 2 is 2.00 bits per heavy atom.